The topological polar surface area (TPSA) is 46.6 Å². The number of nitrogens with zero attached hydrogens (tertiary/aromatic N) is 1. The number of hydrogen-bond acceptors (Lipinski definition) is 4. The Bertz CT molecular complexity index is 650. The molecular formula is C17H21NO3S. The van der Waals surface area contributed by atoms with Crippen molar-refractivity contribution in [1.29, 1.82) is 0 Å². The van der Waals surface area contributed by atoms with Crippen LogP contribution in [-0.2, 0) is 4.79 Å². The van der Waals surface area contributed by atoms with Crippen molar-refractivity contribution in [3.8, 4) is 5.75 Å². The highest BCUT2D eigenvalue weighted by Gasteiger charge is 2.33. The molecular weight excluding hydrogens is 298 g/mol. The van der Waals surface area contributed by atoms with Gasteiger partial charge >= 0.3 is 0 Å². The summed E-state index contributed by atoms with van der Waals surface area (Å²) >= 11 is 1.00. The maximum absolute atomic E-state index is 12.2. The minimum atomic E-state index is -0.209. The molecule has 1 aromatic rings. The van der Waals surface area contributed by atoms with Crippen molar-refractivity contribution in [3.05, 3.63) is 33.7 Å². The molecule has 1 aliphatic rings. The molecule has 22 heavy (non-hydrogen) atoms. The molecule has 2 rings (SSSR count). The molecule has 1 fully saturated rings. The summed E-state index contributed by atoms with van der Waals surface area (Å²) in [4.78, 5) is 25.7. The van der Waals surface area contributed by atoms with Gasteiger partial charge < -0.3 is 4.74 Å². The average molecular weight is 319 g/mol. The predicted molar refractivity (Wildman–Crippen MR) is 90.2 cm³/mol. The number of methoxy groups -OCH3 is 1. The fourth-order valence-electron chi connectivity index (χ4n) is 2.41. The van der Waals surface area contributed by atoms with Crippen molar-refractivity contribution in [2.45, 2.75) is 33.6 Å². The Morgan fingerprint density at radius 1 is 1.32 bits per heavy atom. The Morgan fingerprint density at radius 3 is 2.50 bits per heavy atom. The number of ether oxygens (including phenoxy) is 1. The number of carbonyl (C=O) groups is 2. The molecule has 0 saturated carbocycles. The zero-order valence-electron chi connectivity index (χ0n) is 13.6. The quantitative estimate of drug-likeness (QED) is 0.781. The summed E-state index contributed by atoms with van der Waals surface area (Å²) in [6.07, 6.45) is 1.81. The highest BCUT2D eigenvalue weighted by atomic mass is 32.2. The van der Waals surface area contributed by atoms with Gasteiger partial charge in [-0.05, 0) is 66.4 Å². The maximum Gasteiger partial charge on any atom is 0.293 e. The molecule has 118 valence electrons. The molecule has 0 aliphatic carbocycles. The minimum absolute atomic E-state index is 0.200. The summed E-state index contributed by atoms with van der Waals surface area (Å²) < 4.78 is 5.43. The molecule has 4 nitrogen and oxygen atoms in total. The van der Waals surface area contributed by atoms with E-state index < -0.39 is 0 Å². The van der Waals surface area contributed by atoms with Crippen molar-refractivity contribution in [3.63, 3.8) is 0 Å². The molecule has 0 N–H and O–H groups in total. The van der Waals surface area contributed by atoms with Crippen LogP contribution in [-0.4, -0.2) is 29.7 Å². The molecule has 1 aromatic carbocycles. The monoisotopic (exact) mass is 319 g/mol. The maximum atomic E-state index is 12.2. The second kappa shape index (κ2) is 6.57. The molecule has 0 spiro atoms. The SMILES string of the molecule is CCN1C(=O)S/C(=C/c2cc(C(C)C)c(OC)cc2C)C1=O. The first-order chi connectivity index (χ1) is 10.4. The highest BCUT2D eigenvalue weighted by Crippen LogP contribution is 2.35. The van der Waals surface area contributed by atoms with Crippen LogP contribution in [0.5, 0.6) is 5.75 Å². The largest absolute Gasteiger partial charge is 0.496 e. The van der Waals surface area contributed by atoms with Gasteiger partial charge in [0.2, 0.25) is 0 Å². The van der Waals surface area contributed by atoms with E-state index in [-0.39, 0.29) is 11.1 Å². The van der Waals surface area contributed by atoms with Gasteiger partial charge in [-0.25, -0.2) is 0 Å². The van der Waals surface area contributed by atoms with Crippen molar-refractivity contribution < 1.29 is 14.3 Å². The normalized spacial score (nSPS) is 17.0. The van der Waals surface area contributed by atoms with Crippen LogP contribution in [0, 0.1) is 6.92 Å². The Morgan fingerprint density at radius 2 is 2.00 bits per heavy atom. The molecule has 2 amide bonds. The zero-order chi connectivity index (χ0) is 16.4. The molecule has 1 aliphatic heterocycles. The third-order valence-electron chi connectivity index (χ3n) is 3.72. The van der Waals surface area contributed by atoms with Crippen LogP contribution in [0.4, 0.5) is 4.79 Å². The number of hydrogen-bond donors (Lipinski definition) is 0. The zero-order valence-corrected chi connectivity index (χ0v) is 14.4. The number of thioether (sulfide) groups is 1. The summed E-state index contributed by atoms with van der Waals surface area (Å²) in [6.45, 7) is 8.38. The molecule has 0 unspecified atom stereocenters. The van der Waals surface area contributed by atoms with E-state index in [1.54, 1.807) is 20.1 Å². The third kappa shape index (κ3) is 3.04. The van der Waals surface area contributed by atoms with Gasteiger partial charge in [0.05, 0.1) is 12.0 Å². The Balaban J connectivity index is 2.46. The van der Waals surface area contributed by atoms with Gasteiger partial charge in [-0.15, -0.1) is 0 Å². The number of rotatable bonds is 4. The summed E-state index contributed by atoms with van der Waals surface area (Å²) in [5.74, 6) is 0.957. The van der Waals surface area contributed by atoms with E-state index in [1.807, 2.05) is 19.1 Å². The summed E-state index contributed by atoms with van der Waals surface area (Å²) in [5.41, 5.74) is 3.06. The van der Waals surface area contributed by atoms with Gasteiger partial charge in [0.1, 0.15) is 5.75 Å². The second-order valence-corrected chi connectivity index (χ2v) is 6.52. The summed E-state index contributed by atoms with van der Waals surface area (Å²) in [7, 11) is 1.66. The van der Waals surface area contributed by atoms with Crippen LogP contribution in [0.2, 0.25) is 0 Å². The molecule has 0 bridgehead atoms. The smallest absolute Gasteiger partial charge is 0.293 e. The van der Waals surface area contributed by atoms with Gasteiger partial charge in [-0.2, -0.15) is 0 Å². The van der Waals surface area contributed by atoms with E-state index in [0.717, 1.165) is 34.2 Å². The lowest BCUT2D eigenvalue weighted by Gasteiger charge is -2.15. The van der Waals surface area contributed by atoms with Crippen LogP contribution >= 0.6 is 11.8 Å². The van der Waals surface area contributed by atoms with Gasteiger partial charge in [-0.1, -0.05) is 13.8 Å². The van der Waals surface area contributed by atoms with Gasteiger partial charge in [0, 0.05) is 6.54 Å². The number of amides is 2. The molecule has 0 atom stereocenters. The van der Waals surface area contributed by atoms with E-state index in [1.165, 1.54) is 4.90 Å². The highest BCUT2D eigenvalue weighted by molar-refractivity contribution is 8.18. The Hall–Kier alpha value is -1.75. The van der Waals surface area contributed by atoms with Crippen molar-refractivity contribution in [1.82, 2.24) is 4.90 Å². The number of carbonyl (C=O) groups excluding carboxylic acids is 2. The van der Waals surface area contributed by atoms with Crippen LogP contribution < -0.4 is 4.74 Å². The summed E-state index contributed by atoms with van der Waals surface area (Å²) in [6, 6.07) is 4.02. The lowest BCUT2D eigenvalue weighted by molar-refractivity contribution is -0.122. The third-order valence-corrected chi connectivity index (χ3v) is 4.62. The minimum Gasteiger partial charge on any atom is -0.496 e. The number of benzene rings is 1. The van der Waals surface area contributed by atoms with Crippen LogP contribution in [0.1, 0.15) is 43.4 Å². The second-order valence-electron chi connectivity index (χ2n) is 5.53. The molecule has 0 aromatic heterocycles. The van der Waals surface area contributed by atoms with Crippen LogP contribution in [0.15, 0.2) is 17.0 Å². The molecule has 1 saturated heterocycles. The molecule has 1 heterocycles. The van der Waals surface area contributed by atoms with E-state index in [9.17, 15) is 9.59 Å². The lowest BCUT2D eigenvalue weighted by Crippen LogP contribution is -2.27. The Kier molecular flexibility index (Phi) is 4.96. The van der Waals surface area contributed by atoms with Crippen molar-refractivity contribution in [2.75, 3.05) is 13.7 Å². The van der Waals surface area contributed by atoms with Crippen molar-refractivity contribution in [2.24, 2.45) is 0 Å². The predicted octanol–water partition coefficient (Wildman–Crippen LogP) is 4.18. The molecule has 0 radical (unpaired) electrons. The first-order valence-electron chi connectivity index (χ1n) is 7.32. The fourth-order valence-corrected chi connectivity index (χ4v) is 3.31. The fraction of sp³-hybridized carbons (Fsp3) is 0.412. The van der Waals surface area contributed by atoms with E-state index in [0.29, 0.717) is 17.4 Å². The average Bonchev–Trinajstić information content (AvgIpc) is 2.74. The standard InChI is InChI=1S/C17H21NO3S/c1-6-18-16(19)15(22-17(18)20)9-12-8-13(10(2)3)14(21-5)7-11(12)4/h7-10H,6H2,1-5H3/b15-9+. The van der Waals surface area contributed by atoms with Crippen LogP contribution in [0.25, 0.3) is 6.08 Å². The first-order valence-corrected chi connectivity index (χ1v) is 8.14. The van der Waals surface area contributed by atoms with E-state index in [2.05, 4.69) is 13.8 Å². The molecule has 5 heteroatoms. The van der Waals surface area contributed by atoms with Gasteiger partial charge in [-0.3, -0.25) is 14.5 Å². The van der Waals surface area contributed by atoms with Gasteiger partial charge in [0.15, 0.2) is 0 Å². The van der Waals surface area contributed by atoms with Crippen LogP contribution in [0.3, 0.4) is 0 Å². The number of likely N-dealkylation sites (N-methyl/N-ethyl adjacent to an activating group) is 1. The first kappa shape index (κ1) is 16.6. The van der Waals surface area contributed by atoms with E-state index >= 15 is 0 Å². The van der Waals surface area contributed by atoms with E-state index in [4.69, 9.17) is 4.74 Å². The van der Waals surface area contributed by atoms with Crippen molar-refractivity contribution >= 4 is 29.0 Å². The lowest BCUT2D eigenvalue weighted by atomic mass is 9.96. The summed E-state index contributed by atoms with van der Waals surface area (Å²) in [5, 5.41) is -0.200. The number of imide groups is 1. The number of aryl methyl sites for hydroxylation is 1. The van der Waals surface area contributed by atoms with Gasteiger partial charge in [0.25, 0.3) is 11.1 Å². The Labute approximate surface area is 135 Å².